The molecule has 0 radical (unpaired) electrons. The molecule has 22 heavy (non-hydrogen) atoms. The van der Waals surface area contributed by atoms with Crippen molar-refractivity contribution in [2.75, 3.05) is 13.6 Å². The molecule has 0 amide bonds. The summed E-state index contributed by atoms with van der Waals surface area (Å²) < 4.78 is 5.98. The van der Waals surface area contributed by atoms with Crippen LogP contribution in [-0.2, 0) is 19.4 Å². The monoisotopic (exact) mass is 294 g/mol. The van der Waals surface area contributed by atoms with E-state index in [1.807, 2.05) is 18.5 Å². The number of nitrogens with zero attached hydrogens (tertiary/aromatic N) is 2. The summed E-state index contributed by atoms with van der Waals surface area (Å²) in [4.78, 5) is 6.42. The Bertz CT molecular complexity index is 734. The summed E-state index contributed by atoms with van der Waals surface area (Å²) in [6.45, 7) is 4.09. The third-order valence-electron chi connectivity index (χ3n) is 4.06. The molecule has 114 valence electrons. The molecule has 0 aliphatic heterocycles. The third kappa shape index (κ3) is 3.20. The molecule has 0 bridgehead atoms. The van der Waals surface area contributed by atoms with Crippen LogP contribution in [0.5, 0.6) is 0 Å². The van der Waals surface area contributed by atoms with Gasteiger partial charge in [0.1, 0.15) is 11.3 Å². The van der Waals surface area contributed by atoms with Gasteiger partial charge in [-0.15, -0.1) is 0 Å². The van der Waals surface area contributed by atoms with E-state index in [-0.39, 0.29) is 0 Å². The zero-order chi connectivity index (χ0) is 15.4. The summed E-state index contributed by atoms with van der Waals surface area (Å²) in [6.07, 6.45) is 5.68. The molecule has 3 nitrogen and oxygen atoms in total. The topological polar surface area (TPSA) is 29.3 Å². The summed E-state index contributed by atoms with van der Waals surface area (Å²) in [5, 5.41) is 1.25. The van der Waals surface area contributed by atoms with E-state index >= 15 is 0 Å². The molecule has 3 aromatic rings. The second-order valence-corrected chi connectivity index (χ2v) is 5.70. The van der Waals surface area contributed by atoms with Gasteiger partial charge >= 0.3 is 0 Å². The summed E-state index contributed by atoms with van der Waals surface area (Å²) in [5.41, 5.74) is 3.65. The maximum absolute atomic E-state index is 5.98. The molecule has 0 spiro atoms. The van der Waals surface area contributed by atoms with Crippen molar-refractivity contribution in [2.45, 2.75) is 26.3 Å². The number of fused-ring (bicyclic) bond motifs is 1. The van der Waals surface area contributed by atoms with Gasteiger partial charge in [0.05, 0.1) is 0 Å². The lowest BCUT2D eigenvalue weighted by molar-refractivity contribution is 0.328. The highest BCUT2D eigenvalue weighted by atomic mass is 16.3. The number of aryl methyl sites for hydroxylation is 1. The van der Waals surface area contributed by atoms with E-state index in [9.17, 15) is 0 Å². The molecule has 0 unspecified atom stereocenters. The Labute approximate surface area is 131 Å². The molecule has 0 saturated carbocycles. The molecule has 0 aliphatic rings. The molecular weight excluding hydrogens is 272 g/mol. The average molecular weight is 294 g/mol. The van der Waals surface area contributed by atoms with E-state index < -0.39 is 0 Å². The van der Waals surface area contributed by atoms with Crippen LogP contribution in [0.3, 0.4) is 0 Å². The number of furan rings is 1. The van der Waals surface area contributed by atoms with Crippen LogP contribution in [0.25, 0.3) is 11.0 Å². The Hall–Kier alpha value is -2.13. The van der Waals surface area contributed by atoms with Crippen molar-refractivity contribution >= 4 is 11.0 Å². The van der Waals surface area contributed by atoms with Gasteiger partial charge < -0.3 is 9.32 Å². The van der Waals surface area contributed by atoms with Gasteiger partial charge in [-0.3, -0.25) is 4.98 Å². The normalized spacial score (nSPS) is 11.4. The Morgan fingerprint density at radius 3 is 2.64 bits per heavy atom. The quantitative estimate of drug-likeness (QED) is 0.686. The van der Waals surface area contributed by atoms with Crippen LogP contribution >= 0.6 is 0 Å². The van der Waals surface area contributed by atoms with Crippen LogP contribution in [0.4, 0.5) is 0 Å². The van der Waals surface area contributed by atoms with Gasteiger partial charge in [-0.2, -0.15) is 0 Å². The maximum Gasteiger partial charge on any atom is 0.134 e. The molecule has 0 fully saturated rings. The largest absolute Gasteiger partial charge is 0.461 e. The van der Waals surface area contributed by atoms with Gasteiger partial charge in [0.2, 0.25) is 0 Å². The molecule has 0 N–H and O–H groups in total. The lowest BCUT2D eigenvalue weighted by atomic mass is 10.1. The molecule has 3 rings (SSSR count). The highest BCUT2D eigenvalue weighted by Crippen LogP contribution is 2.27. The molecule has 2 heterocycles. The highest BCUT2D eigenvalue weighted by Gasteiger charge is 2.14. The van der Waals surface area contributed by atoms with E-state index in [1.54, 1.807) is 0 Å². The molecule has 3 heteroatoms. The number of benzene rings is 1. The van der Waals surface area contributed by atoms with Crippen LogP contribution in [0.2, 0.25) is 0 Å². The van der Waals surface area contributed by atoms with Crippen LogP contribution in [0.1, 0.15) is 23.8 Å². The van der Waals surface area contributed by atoms with Crippen molar-refractivity contribution < 1.29 is 4.42 Å². The van der Waals surface area contributed by atoms with Crippen LogP contribution in [0, 0.1) is 0 Å². The Kier molecular flexibility index (Phi) is 4.54. The van der Waals surface area contributed by atoms with Crippen molar-refractivity contribution in [3.8, 4) is 0 Å². The first-order valence-electron chi connectivity index (χ1n) is 7.84. The molecular formula is C19H22N2O. The van der Waals surface area contributed by atoms with Gasteiger partial charge in [-0.05, 0) is 37.2 Å². The number of pyridine rings is 1. The third-order valence-corrected chi connectivity index (χ3v) is 4.06. The first kappa shape index (κ1) is 14.8. The van der Waals surface area contributed by atoms with Crippen LogP contribution < -0.4 is 0 Å². The number of rotatable bonds is 6. The minimum atomic E-state index is 0.922. The van der Waals surface area contributed by atoms with Gasteiger partial charge in [0, 0.05) is 42.9 Å². The van der Waals surface area contributed by atoms with E-state index in [4.69, 9.17) is 4.42 Å². The summed E-state index contributed by atoms with van der Waals surface area (Å²) in [6, 6.07) is 12.5. The average Bonchev–Trinajstić information content (AvgIpc) is 2.92. The van der Waals surface area contributed by atoms with Crippen LogP contribution in [0.15, 0.2) is 53.2 Å². The standard InChI is InChI=1S/C19H22N2O/c1-3-18-17(16-6-4-5-7-19(16)22-18)14-21(2)13-10-15-8-11-20-12-9-15/h4-9,11-12H,3,10,13-14H2,1-2H3. The van der Waals surface area contributed by atoms with Crippen molar-refractivity contribution in [3.63, 3.8) is 0 Å². The predicted octanol–water partition coefficient (Wildman–Crippen LogP) is 4.06. The SMILES string of the molecule is CCc1oc2ccccc2c1CN(C)CCc1ccncc1. The van der Waals surface area contributed by atoms with E-state index in [0.29, 0.717) is 0 Å². The van der Waals surface area contributed by atoms with Crippen molar-refractivity contribution in [1.29, 1.82) is 0 Å². The first-order chi connectivity index (χ1) is 10.8. The predicted molar refractivity (Wildman–Crippen MR) is 89.9 cm³/mol. The zero-order valence-electron chi connectivity index (χ0n) is 13.2. The van der Waals surface area contributed by atoms with E-state index in [0.717, 1.165) is 37.3 Å². The Morgan fingerprint density at radius 1 is 1.09 bits per heavy atom. The lowest BCUT2D eigenvalue weighted by Crippen LogP contribution is -2.21. The smallest absolute Gasteiger partial charge is 0.134 e. The minimum absolute atomic E-state index is 0.922. The molecule has 0 aliphatic carbocycles. The van der Waals surface area contributed by atoms with Crippen LogP contribution in [-0.4, -0.2) is 23.5 Å². The number of likely N-dealkylation sites (N-methyl/N-ethyl adjacent to an activating group) is 1. The fraction of sp³-hybridized carbons (Fsp3) is 0.316. The second kappa shape index (κ2) is 6.75. The van der Waals surface area contributed by atoms with Crippen molar-refractivity contribution in [1.82, 2.24) is 9.88 Å². The molecule has 1 aromatic carbocycles. The minimum Gasteiger partial charge on any atom is -0.461 e. The number of para-hydroxylation sites is 1. The fourth-order valence-electron chi connectivity index (χ4n) is 2.83. The van der Waals surface area contributed by atoms with Gasteiger partial charge in [-0.1, -0.05) is 25.1 Å². The number of aromatic nitrogens is 1. The van der Waals surface area contributed by atoms with Gasteiger partial charge in [0.15, 0.2) is 0 Å². The molecule has 2 aromatic heterocycles. The highest BCUT2D eigenvalue weighted by molar-refractivity contribution is 5.82. The van der Waals surface area contributed by atoms with Crippen molar-refractivity contribution in [3.05, 3.63) is 65.7 Å². The van der Waals surface area contributed by atoms with E-state index in [2.05, 4.69) is 54.2 Å². The lowest BCUT2D eigenvalue weighted by Gasteiger charge is -2.16. The summed E-state index contributed by atoms with van der Waals surface area (Å²) in [7, 11) is 2.17. The van der Waals surface area contributed by atoms with Gasteiger partial charge in [0.25, 0.3) is 0 Å². The molecule has 0 saturated heterocycles. The number of hydrogen-bond acceptors (Lipinski definition) is 3. The van der Waals surface area contributed by atoms with Crippen molar-refractivity contribution in [2.24, 2.45) is 0 Å². The summed E-state index contributed by atoms with van der Waals surface area (Å²) >= 11 is 0. The fourth-order valence-corrected chi connectivity index (χ4v) is 2.83. The van der Waals surface area contributed by atoms with Gasteiger partial charge in [-0.25, -0.2) is 0 Å². The molecule has 0 atom stereocenters. The zero-order valence-corrected chi connectivity index (χ0v) is 13.2. The second-order valence-electron chi connectivity index (χ2n) is 5.70. The maximum atomic E-state index is 5.98. The summed E-state index contributed by atoms with van der Waals surface area (Å²) in [5.74, 6) is 1.11. The van der Waals surface area contributed by atoms with E-state index in [1.165, 1.54) is 16.5 Å². The Morgan fingerprint density at radius 2 is 1.86 bits per heavy atom. The Balaban J connectivity index is 1.72. The first-order valence-corrected chi connectivity index (χ1v) is 7.84. The number of hydrogen-bond donors (Lipinski definition) is 0.